The average molecular weight is 186 g/mol. The number of hydrogen-bond donors (Lipinski definition) is 0. The van der Waals surface area contributed by atoms with E-state index in [-0.39, 0.29) is 0 Å². The molecule has 0 fully saturated rings. The van der Waals surface area contributed by atoms with Gasteiger partial charge in [0.15, 0.2) is 0 Å². The monoisotopic (exact) mass is 185 g/mol. The molecule has 0 amide bonds. The Morgan fingerprint density at radius 1 is 1.11 bits per heavy atom. The van der Waals surface area contributed by atoms with Crippen molar-refractivity contribution in [2.45, 2.75) is 30.7 Å². The Hall–Kier alpha value is 0.596. The second-order valence-electron chi connectivity index (χ2n) is 2.54. The van der Waals surface area contributed by atoms with Gasteiger partial charge < -0.3 is 0 Å². The summed E-state index contributed by atoms with van der Waals surface area (Å²) >= 11 is -0.892. The van der Waals surface area contributed by atoms with Gasteiger partial charge in [-0.15, -0.1) is 0 Å². The van der Waals surface area contributed by atoms with Crippen molar-refractivity contribution in [3.05, 3.63) is 0 Å². The first-order chi connectivity index (χ1) is 4.26. The maximum atomic E-state index is 2.59. The molecule has 0 aromatic carbocycles. The van der Waals surface area contributed by atoms with E-state index in [0.29, 0.717) is 0 Å². The molecule has 0 unspecified atom stereocenters. The molecule has 0 bridgehead atoms. The molecule has 0 aromatic heterocycles. The minimum absolute atomic E-state index is 0.892. The third-order valence-electron chi connectivity index (χ3n) is 2.06. The second kappa shape index (κ2) is 5.39. The van der Waals surface area contributed by atoms with E-state index in [2.05, 4.69) is 31.4 Å². The Bertz CT molecular complexity index is 61.9. The van der Waals surface area contributed by atoms with Gasteiger partial charge in [-0.1, -0.05) is 0 Å². The van der Waals surface area contributed by atoms with Crippen molar-refractivity contribution in [1.29, 1.82) is 0 Å². The molecular formula is C7H18GaN. The first kappa shape index (κ1) is 9.60. The van der Waals surface area contributed by atoms with E-state index in [0.717, 1.165) is 0 Å². The summed E-state index contributed by atoms with van der Waals surface area (Å²) in [5, 5.41) is 0. The topological polar surface area (TPSA) is 3.24 Å². The van der Waals surface area contributed by atoms with Crippen LogP contribution in [-0.4, -0.2) is 33.7 Å². The van der Waals surface area contributed by atoms with Gasteiger partial charge in [-0.25, -0.2) is 0 Å². The summed E-state index contributed by atoms with van der Waals surface area (Å²) in [6.07, 6.45) is 0. The van der Waals surface area contributed by atoms with E-state index >= 15 is 0 Å². The Morgan fingerprint density at radius 3 is 1.67 bits per heavy atom. The van der Waals surface area contributed by atoms with Crippen LogP contribution in [0.1, 0.15) is 20.8 Å². The van der Waals surface area contributed by atoms with Gasteiger partial charge in [-0.2, -0.15) is 0 Å². The minimum atomic E-state index is -0.892. The quantitative estimate of drug-likeness (QED) is 0.606. The fraction of sp³-hybridized carbons (Fsp3) is 1.00. The zero-order valence-corrected chi connectivity index (χ0v) is 9.57. The van der Waals surface area contributed by atoms with Crippen molar-refractivity contribution in [2.75, 3.05) is 13.6 Å². The van der Waals surface area contributed by atoms with Gasteiger partial charge in [0.2, 0.25) is 0 Å². The zero-order valence-electron chi connectivity index (χ0n) is 7.15. The molecule has 0 spiro atoms. The molecule has 1 nitrogen and oxygen atoms in total. The van der Waals surface area contributed by atoms with E-state index in [4.69, 9.17) is 0 Å². The van der Waals surface area contributed by atoms with E-state index in [1.54, 1.807) is 0 Å². The SMILES string of the molecule is CC[N](C)[Ga]([CH2]C)[CH2]C. The first-order valence-electron chi connectivity index (χ1n) is 3.96. The third-order valence-corrected chi connectivity index (χ3v) is 9.40. The van der Waals surface area contributed by atoms with E-state index in [9.17, 15) is 0 Å². The molecule has 0 atom stereocenters. The molecular weight excluding hydrogens is 168 g/mol. The van der Waals surface area contributed by atoms with E-state index < -0.39 is 16.5 Å². The molecule has 0 aliphatic carbocycles. The molecule has 0 aromatic rings. The molecule has 0 aliphatic rings. The van der Waals surface area contributed by atoms with Crippen LogP contribution in [-0.2, 0) is 0 Å². The summed E-state index contributed by atoms with van der Waals surface area (Å²) in [6, 6.07) is 0. The van der Waals surface area contributed by atoms with Crippen molar-refractivity contribution < 1.29 is 0 Å². The van der Waals surface area contributed by atoms with Crippen molar-refractivity contribution in [3.63, 3.8) is 0 Å². The average Bonchev–Trinajstić information content (AvgIpc) is 1.90. The van der Waals surface area contributed by atoms with Crippen LogP contribution < -0.4 is 0 Å². The Labute approximate surface area is 64.7 Å². The normalized spacial score (nSPS) is 10.3. The van der Waals surface area contributed by atoms with Crippen molar-refractivity contribution in [2.24, 2.45) is 0 Å². The van der Waals surface area contributed by atoms with Gasteiger partial charge in [0.25, 0.3) is 0 Å². The molecule has 9 heavy (non-hydrogen) atoms. The van der Waals surface area contributed by atoms with Gasteiger partial charge in [-0.05, 0) is 0 Å². The van der Waals surface area contributed by atoms with E-state index in [1.807, 2.05) is 0 Å². The predicted octanol–water partition coefficient (Wildman–Crippen LogP) is 1.97. The molecule has 2 heteroatoms. The van der Waals surface area contributed by atoms with Crippen LogP contribution in [0.2, 0.25) is 9.95 Å². The van der Waals surface area contributed by atoms with E-state index in [1.165, 1.54) is 16.5 Å². The van der Waals surface area contributed by atoms with Crippen LogP contribution in [0.4, 0.5) is 0 Å². The summed E-state index contributed by atoms with van der Waals surface area (Å²) < 4.78 is 2.59. The molecule has 0 rings (SSSR count). The standard InChI is InChI=1S/C3H8N.2C2H5.Ga/c1-3-4-2;2*1-2;/h3H2,1-2H3;2*1H2,2H3;/q-1;;;+1. The number of rotatable bonds is 4. The third kappa shape index (κ3) is 3.33. The molecule has 0 N–H and O–H groups in total. The van der Waals surface area contributed by atoms with Gasteiger partial charge in [0.1, 0.15) is 0 Å². The maximum absolute atomic E-state index is 2.59. The Morgan fingerprint density at radius 2 is 1.56 bits per heavy atom. The number of hydrogen-bond acceptors (Lipinski definition) is 1. The molecule has 0 saturated carbocycles. The summed E-state index contributed by atoms with van der Waals surface area (Å²) in [5.41, 5.74) is 0. The van der Waals surface area contributed by atoms with Crippen LogP contribution in [0.25, 0.3) is 0 Å². The first-order valence-corrected chi connectivity index (χ1v) is 8.47. The van der Waals surface area contributed by atoms with Crippen LogP contribution in [0.5, 0.6) is 0 Å². The zero-order chi connectivity index (χ0) is 7.28. The second-order valence-corrected chi connectivity index (χ2v) is 10.6. The van der Waals surface area contributed by atoms with Crippen LogP contribution >= 0.6 is 0 Å². The van der Waals surface area contributed by atoms with Gasteiger partial charge in [-0.3, -0.25) is 0 Å². The van der Waals surface area contributed by atoms with Gasteiger partial charge >= 0.3 is 64.4 Å². The van der Waals surface area contributed by atoms with Crippen LogP contribution in [0, 0.1) is 0 Å². The Kier molecular flexibility index (Phi) is 5.74. The predicted molar refractivity (Wildman–Crippen MR) is 45.0 cm³/mol. The van der Waals surface area contributed by atoms with Crippen LogP contribution in [0.3, 0.4) is 0 Å². The van der Waals surface area contributed by atoms with Crippen molar-refractivity contribution >= 4 is 16.5 Å². The summed E-state index contributed by atoms with van der Waals surface area (Å²) in [7, 11) is 2.28. The van der Waals surface area contributed by atoms with Gasteiger partial charge in [0.05, 0.1) is 0 Å². The summed E-state index contributed by atoms with van der Waals surface area (Å²) in [5.74, 6) is 0. The number of nitrogens with zero attached hydrogens (tertiary/aromatic N) is 1. The molecule has 0 radical (unpaired) electrons. The van der Waals surface area contributed by atoms with Crippen LogP contribution in [0.15, 0.2) is 0 Å². The van der Waals surface area contributed by atoms with Crippen molar-refractivity contribution in [3.8, 4) is 0 Å². The molecule has 54 valence electrons. The fourth-order valence-electron chi connectivity index (χ4n) is 1.17. The molecule has 0 aliphatic heterocycles. The molecule has 0 saturated heterocycles. The van der Waals surface area contributed by atoms with Gasteiger partial charge in [0, 0.05) is 0 Å². The summed E-state index contributed by atoms with van der Waals surface area (Å²) in [6.45, 7) is 8.18. The Balaban J connectivity index is 3.50. The summed E-state index contributed by atoms with van der Waals surface area (Å²) in [4.78, 5) is 2.93. The molecule has 0 heterocycles. The fourth-order valence-corrected chi connectivity index (χ4v) is 6.08. The van der Waals surface area contributed by atoms with Crippen molar-refractivity contribution in [1.82, 2.24) is 3.61 Å².